The minimum Gasteiger partial charge on any atom is -0.462 e. The first-order valence-corrected chi connectivity index (χ1v) is 13.4. The minimum atomic E-state index is -0.996. The van der Waals surface area contributed by atoms with Crippen LogP contribution in [0.2, 0.25) is 10.0 Å². The molecule has 0 aliphatic carbocycles. The van der Waals surface area contributed by atoms with Crippen LogP contribution in [0.5, 0.6) is 0 Å². The molecule has 2 aromatic carbocycles. The number of carbonyl (C=O) groups is 3. The third-order valence-corrected chi connectivity index (χ3v) is 7.84. The van der Waals surface area contributed by atoms with Gasteiger partial charge in [-0.2, -0.15) is 0 Å². The van der Waals surface area contributed by atoms with Gasteiger partial charge in [-0.05, 0) is 48.9 Å². The Morgan fingerprint density at radius 3 is 2.27 bits per heavy atom. The van der Waals surface area contributed by atoms with Gasteiger partial charge in [0.1, 0.15) is 20.9 Å². The van der Waals surface area contributed by atoms with Gasteiger partial charge in [0, 0.05) is 26.7 Å². The number of nitrogens with one attached hydrogen (secondary N) is 1. The molecule has 1 aliphatic heterocycles. The molecule has 0 bridgehead atoms. The molecule has 1 aromatic heterocycles. The van der Waals surface area contributed by atoms with Crippen LogP contribution in [0.25, 0.3) is 11.1 Å². The number of nitrogens with two attached hydrogens (primary N) is 2. The van der Waals surface area contributed by atoms with Crippen molar-refractivity contribution in [1.29, 1.82) is 0 Å². The van der Waals surface area contributed by atoms with Gasteiger partial charge in [-0.15, -0.1) is 11.3 Å². The summed E-state index contributed by atoms with van der Waals surface area (Å²) in [6, 6.07) is 13.6. The van der Waals surface area contributed by atoms with E-state index in [0.29, 0.717) is 21.3 Å². The number of hydrogen-bond acceptors (Lipinski definition) is 8. The smallest absolute Gasteiger partial charge is 0.341 e. The number of nitrogens with zero attached hydrogens (tertiary/aromatic N) is 1. The lowest BCUT2D eigenvalue weighted by Gasteiger charge is -2.12. The van der Waals surface area contributed by atoms with Crippen molar-refractivity contribution in [1.82, 2.24) is 0 Å². The van der Waals surface area contributed by atoms with E-state index in [0.717, 1.165) is 28.7 Å². The molecule has 5 N–H and O–H groups in total. The highest BCUT2D eigenvalue weighted by atomic mass is 35.5. The second-order valence-corrected chi connectivity index (χ2v) is 10.5. The first-order chi connectivity index (χ1) is 17.7. The molecule has 0 radical (unpaired) electrons. The van der Waals surface area contributed by atoms with Crippen molar-refractivity contribution in [3.8, 4) is 11.1 Å². The number of halogens is 2. The molecule has 1 aliphatic rings. The number of thioether (sulfide) groups is 1. The minimum absolute atomic E-state index is 0.0186. The second-order valence-electron chi connectivity index (χ2n) is 7.66. The summed E-state index contributed by atoms with van der Waals surface area (Å²) in [5.74, 6) is -1.94. The molecule has 0 saturated heterocycles. The molecule has 12 heteroatoms. The summed E-state index contributed by atoms with van der Waals surface area (Å²) in [5.41, 5.74) is 13.7. The molecule has 2 amide bonds. The van der Waals surface area contributed by atoms with E-state index in [-0.39, 0.29) is 33.5 Å². The summed E-state index contributed by atoms with van der Waals surface area (Å²) in [5, 5.41) is 5.09. The lowest BCUT2D eigenvalue weighted by atomic mass is 10.0. The normalized spacial score (nSPS) is 16.2. The average molecular weight is 575 g/mol. The van der Waals surface area contributed by atoms with Crippen molar-refractivity contribution < 1.29 is 19.1 Å². The zero-order valence-electron chi connectivity index (χ0n) is 19.3. The van der Waals surface area contributed by atoms with Crippen LogP contribution in [0.1, 0.15) is 17.3 Å². The maximum atomic E-state index is 13.3. The summed E-state index contributed by atoms with van der Waals surface area (Å²) in [6.45, 7) is 1.85. The zero-order valence-corrected chi connectivity index (χ0v) is 22.4. The van der Waals surface area contributed by atoms with Crippen LogP contribution in [0.3, 0.4) is 0 Å². The topological polar surface area (TPSA) is 137 Å². The van der Waals surface area contributed by atoms with Gasteiger partial charge in [0.25, 0.3) is 5.91 Å². The van der Waals surface area contributed by atoms with E-state index in [1.54, 1.807) is 60.8 Å². The summed E-state index contributed by atoms with van der Waals surface area (Å²) in [7, 11) is 0. The van der Waals surface area contributed by atoms with Gasteiger partial charge in [-0.1, -0.05) is 47.1 Å². The van der Waals surface area contributed by atoms with Crippen LogP contribution < -0.4 is 16.8 Å². The van der Waals surface area contributed by atoms with Crippen molar-refractivity contribution in [2.45, 2.75) is 12.2 Å². The molecular weight excluding hydrogens is 555 g/mol. The molecule has 2 heterocycles. The van der Waals surface area contributed by atoms with Crippen LogP contribution in [-0.4, -0.2) is 34.7 Å². The molecule has 190 valence electrons. The second kappa shape index (κ2) is 11.4. The highest BCUT2D eigenvalue weighted by Crippen LogP contribution is 2.39. The average Bonchev–Trinajstić information content (AvgIpc) is 3.42. The molecule has 37 heavy (non-hydrogen) atoms. The van der Waals surface area contributed by atoms with Gasteiger partial charge in [-0.25, -0.2) is 9.79 Å². The predicted octanol–water partition coefficient (Wildman–Crippen LogP) is 5.38. The fourth-order valence-electron chi connectivity index (χ4n) is 3.52. The van der Waals surface area contributed by atoms with Gasteiger partial charge >= 0.3 is 5.97 Å². The lowest BCUT2D eigenvalue weighted by molar-refractivity contribution is -0.115. The Morgan fingerprint density at radius 2 is 1.68 bits per heavy atom. The Bertz CT molecular complexity index is 1430. The number of primary amides is 1. The van der Waals surface area contributed by atoms with Crippen molar-refractivity contribution in [2.24, 2.45) is 16.5 Å². The highest BCUT2D eigenvalue weighted by molar-refractivity contribution is 8.16. The molecule has 0 spiro atoms. The molecule has 0 unspecified atom stereocenters. The van der Waals surface area contributed by atoms with Crippen LogP contribution in [0, 0.1) is 0 Å². The van der Waals surface area contributed by atoms with E-state index in [9.17, 15) is 14.4 Å². The SMILES string of the molecule is CCOC(=O)c1c(-c2ccc(Cl)cc2)csc1NC(=O)[C@@H]1SC(=Nc2ccc(Cl)cc2)C(C(N)=O)=C1N. The number of amides is 2. The molecular formula is C25H20Cl2N4O4S2. The third-order valence-electron chi connectivity index (χ3n) is 5.22. The Balaban J connectivity index is 1.66. The lowest BCUT2D eigenvalue weighted by Crippen LogP contribution is -2.30. The van der Waals surface area contributed by atoms with Crippen molar-refractivity contribution in [3.05, 3.63) is 80.8 Å². The van der Waals surface area contributed by atoms with E-state index in [4.69, 9.17) is 39.4 Å². The van der Waals surface area contributed by atoms with Gasteiger partial charge in [-0.3, -0.25) is 9.59 Å². The Hall–Kier alpha value is -3.31. The summed E-state index contributed by atoms with van der Waals surface area (Å²) in [4.78, 5) is 42.8. The van der Waals surface area contributed by atoms with Gasteiger partial charge in [0.2, 0.25) is 5.91 Å². The van der Waals surface area contributed by atoms with Crippen molar-refractivity contribution in [2.75, 3.05) is 11.9 Å². The van der Waals surface area contributed by atoms with Gasteiger partial charge in [0.15, 0.2) is 0 Å². The number of hydrogen-bond donors (Lipinski definition) is 3. The number of ether oxygens (including phenoxy) is 1. The fraction of sp³-hybridized carbons (Fsp3) is 0.120. The Labute approximate surface area is 230 Å². The van der Waals surface area contributed by atoms with Crippen LogP contribution in [-0.2, 0) is 14.3 Å². The van der Waals surface area contributed by atoms with Gasteiger partial charge < -0.3 is 21.5 Å². The quantitative estimate of drug-likeness (QED) is 0.324. The van der Waals surface area contributed by atoms with Gasteiger partial charge in [0.05, 0.1) is 17.9 Å². The van der Waals surface area contributed by atoms with E-state index in [1.807, 2.05) is 0 Å². The number of carbonyl (C=O) groups excluding carboxylic acids is 3. The molecule has 0 saturated carbocycles. The van der Waals surface area contributed by atoms with Crippen LogP contribution in [0.4, 0.5) is 10.7 Å². The predicted molar refractivity (Wildman–Crippen MR) is 150 cm³/mol. The number of benzene rings is 2. The van der Waals surface area contributed by atoms with E-state index in [1.165, 1.54) is 0 Å². The summed E-state index contributed by atoms with van der Waals surface area (Å²) >= 11 is 14.1. The van der Waals surface area contributed by atoms with E-state index in [2.05, 4.69) is 10.3 Å². The van der Waals surface area contributed by atoms with Crippen LogP contribution in [0.15, 0.2) is 70.2 Å². The van der Waals surface area contributed by atoms with E-state index >= 15 is 0 Å². The molecule has 3 aromatic rings. The largest absolute Gasteiger partial charge is 0.462 e. The molecule has 4 rings (SSSR count). The first-order valence-electron chi connectivity index (χ1n) is 10.9. The Kier molecular flexibility index (Phi) is 8.23. The third kappa shape index (κ3) is 5.83. The van der Waals surface area contributed by atoms with Crippen molar-refractivity contribution in [3.63, 3.8) is 0 Å². The summed E-state index contributed by atoms with van der Waals surface area (Å²) in [6.07, 6.45) is 0. The standard InChI is InChI=1S/C25H20Cl2N4O4S2/c1-2-35-25(34)17-16(12-3-5-13(26)6-4-12)11-36-23(17)31-22(33)20-19(28)18(21(29)32)24(37-20)30-15-9-7-14(27)8-10-15/h3-11,20H,2,28H2,1H3,(H2,29,32)(H,31,33)/t20-/m1/s1. The molecule has 1 atom stereocenters. The molecule has 8 nitrogen and oxygen atoms in total. The highest BCUT2D eigenvalue weighted by Gasteiger charge is 2.38. The molecule has 0 fully saturated rings. The summed E-state index contributed by atoms with van der Waals surface area (Å²) < 4.78 is 5.24. The number of rotatable bonds is 7. The first kappa shape index (κ1) is 26.7. The Morgan fingerprint density at radius 1 is 1.05 bits per heavy atom. The maximum absolute atomic E-state index is 13.3. The number of thiophene rings is 1. The monoisotopic (exact) mass is 574 g/mol. The van der Waals surface area contributed by atoms with Crippen LogP contribution >= 0.6 is 46.3 Å². The van der Waals surface area contributed by atoms with E-state index < -0.39 is 23.0 Å². The number of anilines is 1. The number of aliphatic imine (C=N–C) groups is 1. The maximum Gasteiger partial charge on any atom is 0.341 e. The van der Waals surface area contributed by atoms with Crippen molar-refractivity contribution >= 4 is 79.8 Å². The fourth-order valence-corrected chi connectivity index (χ4v) is 5.86. The number of esters is 1. The zero-order chi connectivity index (χ0) is 26.7.